The number of phenolic OH excluding ortho intramolecular Hbond substituents is 1. The summed E-state index contributed by atoms with van der Waals surface area (Å²) in [5.74, 6) is 1.47. The van der Waals surface area contributed by atoms with E-state index in [4.69, 9.17) is 4.74 Å². The molecule has 33 heavy (non-hydrogen) atoms. The number of anilines is 1. The van der Waals surface area contributed by atoms with Crippen molar-refractivity contribution < 1.29 is 9.84 Å². The molecule has 0 spiro atoms. The molecule has 0 amide bonds. The summed E-state index contributed by atoms with van der Waals surface area (Å²) in [4.78, 5) is 5.01. The Balaban J connectivity index is 1.29. The molecule has 8 heteroatoms. The Morgan fingerprint density at radius 3 is 2.58 bits per heavy atom. The molecular formula is C25H30N6O2. The number of aromatic nitrogens is 4. The van der Waals surface area contributed by atoms with Crippen LogP contribution in [0.3, 0.4) is 0 Å². The molecule has 1 aliphatic carbocycles. The summed E-state index contributed by atoms with van der Waals surface area (Å²) in [6.07, 6.45) is 6.86. The lowest BCUT2D eigenvalue weighted by Gasteiger charge is -2.40. The lowest BCUT2D eigenvalue weighted by Crippen LogP contribution is -2.47. The van der Waals surface area contributed by atoms with Crippen molar-refractivity contribution in [2.75, 3.05) is 31.6 Å². The molecule has 0 unspecified atom stereocenters. The molecule has 1 saturated heterocycles. The third-order valence-electron chi connectivity index (χ3n) is 6.96. The molecule has 3 aromatic rings. The first kappa shape index (κ1) is 21.6. The maximum atomic E-state index is 10.7. The number of rotatable bonds is 7. The molecule has 1 atom stereocenters. The molecule has 1 saturated carbocycles. The van der Waals surface area contributed by atoms with Crippen LogP contribution < -0.4 is 9.64 Å². The fraction of sp³-hybridized carbons (Fsp3) is 0.440. The van der Waals surface area contributed by atoms with Crippen molar-refractivity contribution in [2.45, 2.75) is 44.7 Å². The van der Waals surface area contributed by atoms with E-state index in [1.807, 2.05) is 24.3 Å². The molecule has 1 N–H and O–H groups in total. The predicted octanol–water partition coefficient (Wildman–Crippen LogP) is 3.77. The zero-order valence-electron chi connectivity index (χ0n) is 19.2. The third-order valence-corrected chi connectivity index (χ3v) is 6.96. The summed E-state index contributed by atoms with van der Waals surface area (Å²) in [5, 5.41) is 27.4. The Hall–Kier alpha value is -3.26. The highest BCUT2D eigenvalue weighted by atomic mass is 16.5. The van der Waals surface area contributed by atoms with E-state index in [9.17, 15) is 5.11 Å². The predicted molar refractivity (Wildman–Crippen MR) is 127 cm³/mol. The Bertz CT molecular complexity index is 1100. The minimum Gasteiger partial charge on any atom is -0.507 e. The largest absolute Gasteiger partial charge is 0.507 e. The van der Waals surface area contributed by atoms with Crippen LogP contribution in [0.25, 0.3) is 22.4 Å². The van der Waals surface area contributed by atoms with Crippen LogP contribution in [0.2, 0.25) is 0 Å². The average Bonchev–Trinajstić information content (AvgIpc) is 3.31. The van der Waals surface area contributed by atoms with Gasteiger partial charge in [0.2, 0.25) is 5.88 Å². The third kappa shape index (κ3) is 4.35. The van der Waals surface area contributed by atoms with Crippen molar-refractivity contribution in [3.05, 3.63) is 42.6 Å². The van der Waals surface area contributed by atoms with Crippen LogP contribution >= 0.6 is 0 Å². The molecular weight excluding hydrogens is 416 g/mol. The molecule has 3 heterocycles. The topological polar surface area (TPSA) is 87.5 Å². The monoisotopic (exact) mass is 446 g/mol. The normalized spacial score (nSPS) is 18.5. The maximum absolute atomic E-state index is 10.7. The molecule has 0 bridgehead atoms. The van der Waals surface area contributed by atoms with E-state index in [0.717, 1.165) is 42.6 Å². The van der Waals surface area contributed by atoms with Gasteiger partial charge in [0.05, 0.1) is 19.0 Å². The lowest BCUT2D eigenvalue weighted by molar-refractivity contribution is 0.0942. The quantitative estimate of drug-likeness (QED) is 0.587. The van der Waals surface area contributed by atoms with Gasteiger partial charge >= 0.3 is 0 Å². The number of phenols is 1. The van der Waals surface area contributed by atoms with Crippen molar-refractivity contribution in [1.82, 2.24) is 25.3 Å². The fourth-order valence-electron chi connectivity index (χ4n) is 4.92. The van der Waals surface area contributed by atoms with Gasteiger partial charge in [-0.1, -0.05) is 19.4 Å². The number of hydrogen-bond acceptors (Lipinski definition) is 8. The van der Waals surface area contributed by atoms with Gasteiger partial charge in [0.25, 0.3) is 0 Å². The van der Waals surface area contributed by atoms with Gasteiger partial charge in [0.1, 0.15) is 5.75 Å². The van der Waals surface area contributed by atoms with Crippen LogP contribution in [0.15, 0.2) is 42.6 Å². The summed E-state index contributed by atoms with van der Waals surface area (Å²) in [6, 6.07) is 12.6. The van der Waals surface area contributed by atoms with Gasteiger partial charge < -0.3 is 14.7 Å². The van der Waals surface area contributed by atoms with Gasteiger partial charge in [-0.2, -0.15) is 5.10 Å². The van der Waals surface area contributed by atoms with E-state index < -0.39 is 0 Å². The first-order chi connectivity index (χ1) is 16.2. The number of methoxy groups -OCH3 is 1. The average molecular weight is 447 g/mol. The van der Waals surface area contributed by atoms with Crippen molar-refractivity contribution in [2.24, 2.45) is 0 Å². The van der Waals surface area contributed by atoms with Crippen LogP contribution in [0.4, 0.5) is 5.82 Å². The summed E-state index contributed by atoms with van der Waals surface area (Å²) in [6.45, 7) is 5.40. The molecule has 8 nitrogen and oxygen atoms in total. The molecule has 5 rings (SSSR count). The Labute approximate surface area is 194 Å². The van der Waals surface area contributed by atoms with Gasteiger partial charge in [-0.25, -0.2) is 0 Å². The Kier molecular flexibility index (Phi) is 6.09. The molecule has 2 aromatic heterocycles. The second-order valence-corrected chi connectivity index (χ2v) is 8.80. The van der Waals surface area contributed by atoms with Gasteiger partial charge in [-0.15, -0.1) is 15.3 Å². The van der Waals surface area contributed by atoms with E-state index in [0.29, 0.717) is 23.2 Å². The number of nitrogens with zero attached hydrogens (tertiary/aromatic N) is 6. The SMILES string of the molecule is CCN(C1CCC1)[C@@H]1CCN(c2ccc(-c3ccc(-c4cnnc(OC)c4)cc3O)nn2)C1. The van der Waals surface area contributed by atoms with E-state index >= 15 is 0 Å². The molecule has 2 fully saturated rings. The summed E-state index contributed by atoms with van der Waals surface area (Å²) >= 11 is 0. The van der Waals surface area contributed by atoms with Crippen LogP contribution in [0.5, 0.6) is 11.6 Å². The van der Waals surface area contributed by atoms with E-state index in [1.165, 1.54) is 25.7 Å². The summed E-state index contributed by atoms with van der Waals surface area (Å²) < 4.78 is 5.14. The van der Waals surface area contributed by atoms with Gasteiger partial charge in [-0.05, 0) is 55.6 Å². The van der Waals surface area contributed by atoms with Gasteiger partial charge in [-0.3, -0.25) is 4.90 Å². The maximum Gasteiger partial charge on any atom is 0.233 e. The minimum absolute atomic E-state index is 0.144. The smallest absolute Gasteiger partial charge is 0.233 e. The lowest BCUT2D eigenvalue weighted by atomic mass is 9.90. The van der Waals surface area contributed by atoms with Gasteiger partial charge in [0.15, 0.2) is 5.82 Å². The number of hydrogen-bond donors (Lipinski definition) is 1. The number of benzene rings is 1. The summed E-state index contributed by atoms with van der Waals surface area (Å²) in [5.41, 5.74) is 2.93. The van der Waals surface area contributed by atoms with Crippen molar-refractivity contribution >= 4 is 5.82 Å². The Morgan fingerprint density at radius 2 is 1.91 bits per heavy atom. The molecule has 172 valence electrons. The van der Waals surface area contributed by atoms with Crippen LogP contribution in [0.1, 0.15) is 32.6 Å². The highest BCUT2D eigenvalue weighted by Gasteiger charge is 2.34. The molecule has 0 radical (unpaired) electrons. The number of ether oxygens (including phenoxy) is 1. The highest BCUT2D eigenvalue weighted by Crippen LogP contribution is 2.34. The molecule has 1 aliphatic heterocycles. The minimum atomic E-state index is 0.144. The van der Waals surface area contributed by atoms with Crippen molar-refractivity contribution in [3.63, 3.8) is 0 Å². The van der Waals surface area contributed by atoms with E-state index in [-0.39, 0.29) is 5.75 Å². The van der Waals surface area contributed by atoms with E-state index in [2.05, 4.69) is 37.1 Å². The molecule has 1 aromatic carbocycles. The van der Waals surface area contributed by atoms with Crippen LogP contribution in [-0.2, 0) is 0 Å². The van der Waals surface area contributed by atoms with Crippen molar-refractivity contribution in [1.29, 1.82) is 0 Å². The van der Waals surface area contributed by atoms with Crippen LogP contribution in [-0.4, -0.2) is 69.2 Å². The second-order valence-electron chi connectivity index (χ2n) is 8.80. The van der Waals surface area contributed by atoms with Crippen molar-refractivity contribution in [3.8, 4) is 34.0 Å². The second kappa shape index (κ2) is 9.31. The Morgan fingerprint density at radius 1 is 1.03 bits per heavy atom. The summed E-state index contributed by atoms with van der Waals surface area (Å²) in [7, 11) is 1.55. The zero-order valence-corrected chi connectivity index (χ0v) is 19.2. The highest BCUT2D eigenvalue weighted by molar-refractivity contribution is 5.74. The first-order valence-corrected chi connectivity index (χ1v) is 11.7. The number of aromatic hydroxyl groups is 1. The van der Waals surface area contributed by atoms with Gasteiger partial charge in [0, 0.05) is 42.4 Å². The van der Waals surface area contributed by atoms with E-state index in [1.54, 1.807) is 25.4 Å². The standard InChI is InChI=1S/C25H30N6O2/c1-3-31(19-5-4-6-19)20-11-12-30(16-20)24-10-9-22(27-28-24)21-8-7-17(13-23(21)32)18-14-25(33-2)29-26-15-18/h7-10,13-15,19-20,32H,3-6,11-12,16H2,1-2H3/t20-/m1/s1. The first-order valence-electron chi connectivity index (χ1n) is 11.7. The number of likely N-dealkylation sites (N-methyl/N-ethyl adjacent to an activating group) is 1. The fourth-order valence-corrected chi connectivity index (χ4v) is 4.92. The van der Waals surface area contributed by atoms with Crippen LogP contribution in [0, 0.1) is 0 Å². The molecule has 2 aliphatic rings. The zero-order chi connectivity index (χ0) is 22.8.